The Labute approximate surface area is 213 Å². The molecule has 1 atom stereocenters. The molecule has 200 valence electrons. The maximum atomic E-state index is 14.9. The fourth-order valence-electron chi connectivity index (χ4n) is 4.25. The van der Waals surface area contributed by atoms with E-state index in [2.05, 4.69) is 27.2 Å². The molecule has 0 spiro atoms. The van der Waals surface area contributed by atoms with Crippen molar-refractivity contribution in [3.63, 3.8) is 0 Å². The lowest BCUT2D eigenvalue weighted by molar-refractivity contribution is -0.140. The van der Waals surface area contributed by atoms with Gasteiger partial charge in [0.2, 0.25) is 0 Å². The van der Waals surface area contributed by atoms with E-state index in [-0.39, 0.29) is 11.3 Å². The summed E-state index contributed by atoms with van der Waals surface area (Å²) in [6, 6.07) is 4.33. The molecular formula is C26H31F4N5O2. The number of alkyl halides is 3. The van der Waals surface area contributed by atoms with Crippen LogP contribution in [0.2, 0.25) is 0 Å². The van der Waals surface area contributed by atoms with Crippen molar-refractivity contribution in [1.82, 2.24) is 14.9 Å². The standard InChI is InChI=1S/C26H31F4N5O2/c1-14(18-9-17(31)10-20(24(18)27)26(28,29)30)32-25-19-11-23(37-8-7-35(3)13-16-5-6-16)22(36-4)12-21(19)33-15(2)34-25/h9-12,14,16H,5-8,13,31H2,1-4H3,(H,32,33,34)/t14-/m1/s1. The summed E-state index contributed by atoms with van der Waals surface area (Å²) in [4.78, 5) is 11.1. The molecule has 3 aromatic rings. The van der Waals surface area contributed by atoms with Crippen LogP contribution in [0.25, 0.3) is 10.9 Å². The lowest BCUT2D eigenvalue weighted by Gasteiger charge is -2.21. The fraction of sp³-hybridized carbons (Fsp3) is 0.462. The Morgan fingerprint density at radius 1 is 1.16 bits per heavy atom. The Hall–Kier alpha value is -3.34. The summed E-state index contributed by atoms with van der Waals surface area (Å²) in [5, 5.41) is 3.59. The van der Waals surface area contributed by atoms with E-state index in [9.17, 15) is 17.6 Å². The van der Waals surface area contributed by atoms with Crippen LogP contribution >= 0.6 is 0 Å². The first-order valence-corrected chi connectivity index (χ1v) is 12.1. The molecule has 37 heavy (non-hydrogen) atoms. The van der Waals surface area contributed by atoms with Gasteiger partial charge in [-0.15, -0.1) is 0 Å². The van der Waals surface area contributed by atoms with Gasteiger partial charge in [0.1, 0.15) is 24.1 Å². The highest BCUT2D eigenvalue weighted by atomic mass is 19.4. The minimum Gasteiger partial charge on any atom is -0.493 e. The van der Waals surface area contributed by atoms with Gasteiger partial charge in [0, 0.05) is 35.8 Å². The van der Waals surface area contributed by atoms with Gasteiger partial charge in [-0.25, -0.2) is 14.4 Å². The number of aromatic nitrogens is 2. The summed E-state index contributed by atoms with van der Waals surface area (Å²) in [5.41, 5.74) is 4.39. The zero-order valence-corrected chi connectivity index (χ0v) is 21.2. The number of rotatable bonds is 10. The van der Waals surface area contributed by atoms with Gasteiger partial charge in [-0.2, -0.15) is 13.2 Å². The van der Waals surface area contributed by atoms with Gasteiger partial charge >= 0.3 is 6.18 Å². The monoisotopic (exact) mass is 521 g/mol. The van der Waals surface area contributed by atoms with Crippen molar-refractivity contribution in [2.45, 2.75) is 38.9 Å². The fourth-order valence-corrected chi connectivity index (χ4v) is 4.25. The normalized spacial score (nSPS) is 14.7. The molecule has 1 aliphatic carbocycles. The number of methoxy groups -OCH3 is 1. The van der Waals surface area contributed by atoms with Crippen LogP contribution in [0, 0.1) is 18.7 Å². The maximum Gasteiger partial charge on any atom is 0.419 e. The Bertz CT molecular complexity index is 1280. The third-order valence-corrected chi connectivity index (χ3v) is 6.34. The molecule has 1 aromatic heterocycles. The second kappa shape index (κ2) is 10.6. The van der Waals surface area contributed by atoms with E-state index in [0.29, 0.717) is 46.7 Å². The number of anilines is 2. The Morgan fingerprint density at radius 3 is 2.54 bits per heavy atom. The molecule has 4 rings (SSSR count). The first-order chi connectivity index (χ1) is 17.5. The summed E-state index contributed by atoms with van der Waals surface area (Å²) >= 11 is 0. The van der Waals surface area contributed by atoms with Gasteiger partial charge in [-0.3, -0.25) is 0 Å². The van der Waals surface area contributed by atoms with Crippen molar-refractivity contribution in [2.24, 2.45) is 5.92 Å². The van der Waals surface area contributed by atoms with Gasteiger partial charge in [0.05, 0.1) is 24.2 Å². The van der Waals surface area contributed by atoms with Crippen LogP contribution in [0.15, 0.2) is 24.3 Å². The molecule has 1 heterocycles. The molecule has 0 unspecified atom stereocenters. The number of ether oxygens (including phenoxy) is 2. The molecule has 1 aliphatic rings. The van der Waals surface area contributed by atoms with Crippen LogP contribution < -0.4 is 20.5 Å². The van der Waals surface area contributed by atoms with Crippen molar-refractivity contribution in [1.29, 1.82) is 0 Å². The number of nitrogens with two attached hydrogens (primary N) is 1. The Morgan fingerprint density at radius 2 is 1.89 bits per heavy atom. The molecule has 0 bridgehead atoms. The number of fused-ring (bicyclic) bond motifs is 1. The highest BCUT2D eigenvalue weighted by molar-refractivity contribution is 5.92. The molecule has 3 N–H and O–H groups in total. The Balaban J connectivity index is 1.63. The van der Waals surface area contributed by atoms with Crippen molar-refractivity contribution in [3.8, 4) is 11.5 Å². The second-order valence-electron chi connectivity index (χ2n) is 9.53. The number of halogens is 4. The lowest BCUT2D eigenvalue weighted by Crippen LogP contribution is -2.26. The van der Waals surface area contributed by atoms with E-state index < -0.39 is 23.6 Å². The summed E-state index contributed by atoms with van der Waals surface area (Å²) < 4.78 is 66.4. The van der Waals surface area contributed by atoms with Crippen molar-refractivity contribution in [2.75, 3.05) is 44.9 Å². The van der Waals surface area contributed by atoms with Crippen LogP contribution in [0.5, 0.6) is 11.5 Å². The minimum absolute atomic E-state index is 0.187. The number of nitrogens with one attached hydrogen (secondary N) is 1. The first-order valence-electron chi connectivity index (χ1n) is 12.1. The van der Waals surface area contributed by atoms with E-state index in [1.165, 1.54) is 32.9 Å². The van der Waals surface area contributed by atoms with E-state index in [1.807, 2.05) is 0 Å². The number of likely N-dealkylation sites (N-methyl/N-ethyl adjacent to an activating group) is 1. The molecule has 11 heteroatoms. The van der Waals surface area contributed by atoms with Crippen LogP contribution in [-0.2, 0) is 6.18 Å². The van der Waals surface area contributed by atoms with Crippen LogP contribution in [0.4, 0.5) is 29.1 Å². The van der Waals surface area contributed by atoms with Crippen LogP contribution in [-0.4, -0.2) is 48.7 Å². The predicted octanol–water partition coefficient (Wildman–Crippen LogP) is 5.58. The van der Waals surface area contributed by atoms with E-state index in [4.69, 9.17) is 15.2 Å². The van der Waals surface area contributed by atoms with Gasteiger partial charge in [0.25, 0.3) is 0 Å². The summed E-state index contributed by atoms with van der Waals surface area (Å²) in [6.45, 7) is 5.43. The number of nitrogen functional groups attached to an aromatic ring is 1. The number of nitrogens with zero attached hydrogens (tertiary/aromatic N) is 3. The third kappa shape index (κ3) is 6.33. The highest BCUT2D eigenvalue weighted by Gasteiger charge is 2.36. The highest BCUT2D eigenvalue weighted by Crippen LogP contribution is 2.38. The van der Waals surface area contributed by atoms with Crippen molar-refractivity contribution < 1.29 is 27.0 Å². The lowest BCUT2D eigenvalue weighted by atomic mass is 10.0. The molecule has 2 aromatic carbocycles. The molecule has 0 saturated heterocycles. The van der Waals surface area contributed by atoms with Crippen molar-refractivity contribution >= 4 is 22.4 Å². The van der Waals surface area contributed by atoms with Crippen LogP contribution in [0.3, 0.4) is 0 Å². The number of benzene rings is 2. The van der Waals surface area contributed by atoms with Gasteiger partial charge in [-0.05, 0) is 57.9 Å². The number of hydrogen-bond donors (Lipinski definition) is 2. The summed E-state index contributed by atoms with van der Waals surface area (Å²) in [7, 11) is 3.59. The van der Waals surface area contributed by atoms with E-state index in [0.717, 1.165) is 19.0 Å². The summed E-state index contributed by atoms with van der Waals surface area (Å²) in [5.74, 6) is 1.11. The minimum atomic E-state index is -4.87. The molecule has 0 radical (unpaired) electrons. The molecule has 1 saturated carbocycles. The average molecular weight is 522 g/mol. The van der Waals surface area contributed by atoms with Gasteiger partial charge in [0.15, 0.2) is 11.5 Å². The molecule has 0 amide bonds. The number of hydrogen-bond acceptors (Lipinski definition) is 7. The second-order valence-corrected chi connectivity index (χ2v) is 9.53. The number of aryl methyl sites for hydroxylation is 1. The quantitative estimate of drug-likeness (QED) is 0.266. The van der Waals surface area contributed by atoms with Gasteiger partial charge < -0.3 is 25.4 Å². The molecular weight excluding hydrogens is 490 g/mol. The zero-order chi connectivity index (χ0) is 26.9. The largest absolute Gasteiger partial charge is 0.493 e. The first kappa shape index (κ1) is 26.7. The van der Waals surface area contributed by atoms with Crippen molar-refractivity contribution in [3.05, 3.63) is 47.0 Å². The predicted molar refractivity (Wildman–Crippen MR) is 134 cm³/mol. The molecule has 0 aliphatic heterocycles. The molecule has 7 nitrogen and oxygen atoms in total. The Kier molecular flexibility index (Phi) is 7.63. The molecule has 1 fully saturated rings. The van der Waals surface area contributed by atoms with E-state index in [1.54, 1.807) is 19.1 Å². The SMILES string of the molecule is COc1cc2nc(C)nc(N[C@H](C)c3cc(N)cc(C(F)(F)F)c3F)c2cc1OCCN(C)CC1CC1. The smallest absolute Gasteiger partial charge is 0.419 e. The van der Waals surface area contributed by atoms with E-state index >= 15 is 0 Å². The average Bonchev–Trinajstić information content (AvgIpc) is 3.63. The summed E-state index contributed by atoms with van der Waals surface area (Å²) in [6.07, 6.45) is -2.33. The third-order valence-electron chi connectivity index (χ3n) is 6.34. The maximum absolute atomic E-state index is 14.9. The topological polar surface area (TPSA) is 85.5 Å². The van der Waals surface area contributed by atoms with Crippen LogP contribution in [0.1, 0.15) is 42.8 Å². The van der Waals surface area contributed by atoms with Gasteiger partial charge in [-0.1, -0.05) is 0 Å². The zero-order valence-electron chi connectivity index (χ0n) is 21.2.